The minimum atomic E-state index is 0.503. The maximum Gasteiger partial charge on any atom is 0.191 e. The minimum absolute atomic E-state index is 0.503. The Kier molecular flexibility index (Phi) is 13.2. The van der Waals surface area contributed by atoms with Crippen molar-refractivity contribution in [3.63, 3.8) is 0 Å². The third kappa shape index (κ3) is 11.4. The van der Waals surface area contributed by atoms with Crippen LogP contribution in [0.5, 0.6) is 0 Å². The van der Waals surface area contributed by atoms with Crippen molar-refractivity contribution in [1.29, 1.82) is 0 Å². The van der Waals surface area contributed by atoms with Gasteiger partial charge in [-0.25, -0.2) is 9.98 Å². The number of guanidine groups is 2. The summed E-state index contributed by atoms with van der Waals surface area (Å²) in [7, 11) is 0. The zero-order valence-corrected chi connectivity index (χ0v) is 23.7. The van der Waals surface area contributed by atoms with Crippen LogP contribution in [-0.2, 0) is 0 Å². The van der Waals surface area contributed by atoms with Gasteiger partial charge in [-0.3, -0.25) is 0 Å². The second kappa shape index (κ2) is 17.2. The first-order valence-corrected chi connectivity index (χ1v) is 16.2. The fourth-order valence-corrected chi connectivity index (χ4v) is 6.60. The topological polar surface area (TPSA) is 84.9 Å². The van der Waals surface area contributed by atoms with Crippen LogP contribution in [-0.4, -0.2) is 62.3 Å². The molecule has 0 spiro atoms. The van der Waals surface area contributed by atoms with Crippen molar-refractivity contribution in [2.24, 2.45) is 9.98 Å². The molecule has 0 unspecified atom stereocenters. The van der Waals surface area contributed by atoms with E-state index in [9.17, 15) is 0 Å². The van der Waals surface area contributed by atoms with Crippen LogP contribution in [0, 0.1) is 0 Å². The Labute approximate surface area is 227 Å². The average Bonchev–Trinajstić information content (AvgIpc) is 2.94. The Morgan fingerprint density at radius 2 is 0.784 bits per heavy atom. The molecule has 0 aliphatic heterocycles. The van der Waals surface area contributed by atoms with E-state index in [4.69, 9.17) is 9.98 Å². The molecule has 0 bridgehead atoms. The van der Waals surface area contributed by atoms with E-state index in [-0.39, 0.29) is 0 Å². The summed E-state index contributed by atoms with van der Waals surface area (Å²) < 4.78 is 0. The van der Waals surface area contributed by atoms with E-state index in [1.54, 1.807) is 0 Å². The van der Waals surface area contributed by atoms with Gasteiger partial charge in [0.05, 0.1) is 12.1 Å². The van der Waals surface area contributed by atoms with Crippen molar-refractivity contribution in [3.8, 4) is 0 Å². The highest BCUT2D eigenvalue weighted by molar-refractivity contribution is 5.80. The van der Waals surface area contributed by atoms with Gasteiger partial charge in [-0.1, -0.05) is 77.0 Å². The second-order valence-corrected chi connectivity index (χ2v) is 12.1. The van der Waals surface area contributed by atoms with Crippen LogP contribution in [0.3, 0.4) is 0 Å². The largest absolute Gasteiger partial charge is 0.355 e. The first-order valence-electron chi connectivity index (χ1n) is 16.2. The van der Waals surface area contributed by atoms with Crippen LogP contribution in [0.1, 0.15) is 128 Å². The molecule has 4 aliphatic carbocycles. The number of rotatable bonds is 10. The predicted octanol–water partition coefficient (Wildman–Crippen LogP) is 4.98. The molecule has 212 valence electrons. The summed E-state index contributed by atoms with van der Waals surface area (Å²) in [5.74, 6) is 2.11. The molecule has 37 heavy (non-hydrogen) atoms. The van der Waals surface area contributed by atoms with Crippen LogP contribution in [0.25, 0.3) is 0 Å². The molecule has 4 fully saturated rings. The van der Waals surface area contributed by atoms with Gasteiger partial charge in [-0.15, -0.1) is 0 Å². The van der Waals surface area contributed by atoms with E-state index in [0.717, 1.165) is 38.1 Å². The third-order valence-corrected chi connectivity index (χ3v) is 8.85. The molecule has 4 aliphatic rings. The fourth-order valence-electron chi connectivity index (χ4n) is 6.60. The molecule has 0 heterocycles. The van der Waals surface area contributed by atoms with Crippen molar-refractivity contribution in [1.82, 2.24) is 26.6 Å². The van der Waals surface area contributed by atoms with E-state index < -0.39 is 0 Å². The van der Waals surface area contributed by atoms with Gasteiger partial charge in [0.1, 0.15) is 0 Å². The van der Waals surface area contributed by atoms with Gasteiger partial charge < -0.3 is 26.6 Å². The van der Waals surface area contributed by atoms with E-state index in [0.29, 0.717) is 24.2 Å². The van der Waals surface area contributed by atoms with Crippen molar-refractivity contribution in [2.45, 2.75) is 153 Å². The number of aliphatic imine (C=N–C) groups is 2. The molecule has 0 saturated heterocycles. The zero-order valence-electron chi connectivity index (χ0n) is 23.7. The average molecular weight is 516 g/mol. The maximum atomic E-state index is 5.13. The van der Waals surface area contributed by atoms with Crippen molar-refractivity contribution >= 4 is 11.9 Å². The standard InChI is InChI=1S/C30H57N7/c1-5-13-25(14-6-1)34-29(35-26-15-7-2-8-16-26)32-23-21-31-22-24-33-30(36-27-17-9-3-10-18-27)37-28-19-11-4-12-20-28/h25-28,31H,1-24H2,(H2,32,34,35)(H2,33,36,37). The van der Waals surface area contributed by atoms with Crippen molar-refractivity contribution in [2.75, 3.05) is 26.2 Å². The molecule has 7 nitrogen and oxygen atoms in total. The molecule has 7 heteroatoms. The summed E-state index contributed by atoms with van der Waals surface area (Å²) in [6.07, 6.45) is 26.4. The normalized spacial score (nSPS) is 24.1. The first-order chi connectivity index (χ1) is 18.3. The highest BCUT2D eigenvalue weighted by atomic mass is 15.2. The van der Waals surface area contributed by atoms with E-state index in [1.807, 2.05) is 0 Å². The molecular weight excluding hydrogens is 458 g/mol. The highest BCUT2D eigenvalue weighted by Crippen LogP contribution is 2.22. The van der Waals surface area contributed by atoms with Crippen LogP contribution >= 0.6 is 0 Å². The molecule has 0 atom stereocenters. The van der Waals surface area contributed by atoms with E-state index in [1.165, 1.54) is 128 Å². The minimum Gasteiger partial charge on any atom is -0.355 e. The number of hydrogen-bond donors (Lipinski definition) is 5. The molecule has 0 amide bonds. The van der Waals surface area contributed by atoms with Gasteiger partial charge in [-0.2, -0.15) is 0 Å². The number of hydrogen-bond acceptors (Lipinski definition) is 3. The molecule has 0 aromatic heterocycles. The summed E-state index contributed by atoms with van der Waals surface area (Å²) in [5, 5.41) is 18.4. The lowest BCUT2D eigenvalue weighted by molar-refractivity contribution is 0.404. The molecular formula is C30H57N7. The highest BCUT2D eigenvalue weighted by Gasteiger charge is 2.19. The third-order valence-electron chi connectivity index (χ3n) is 8.85. The molecule has 0 radical (unpaired) electrons. The van der Waals surface area contributed by atoms with Crippen LogP contribution < -0.4 is 26.6 Å². The van der Waals surface area contributed by atoms with Gasteiger partial charge in [0.15, 0.2) is 11.9 Å². The lowest BCUT2D eigenvalue weighted by Gasteiger charge is -2.27. The van der Waals surface area contributed by atoms with Crippen molar-refractivity contribution < 1.29 is 0 Å². The van der Waals surface area contributed by atoms with Gasteiger partial charge in [0.2, 0.25) is 0 Å². The fraction of sp³-hybridized carbons (Fsp3) is 0.933. The number of nitrogens with one attached hydrogen (secondary N) is 5. The van der Waals surface area contributed by atoms with Crippen LogP contribution in [0.4, 0.5) is 0 Å². The first kappa shape index (κ1) is 28.5. The van der Waals surface area contributed by atoms with Gasteiger partial charge in [0, 0.05) is 38.3 Å². The Bertz CT molecular complexity index is 599. The lowest BCUT2D eigenvalue weighted by Crippen LogP contribution is -2.48. The zero-order chi connectivity index (χ0) is 25.4. The lowest BCUT2D eigenvalue weighted by atomic mass is 9.95. The Balaban J connectivity index is 1.16. The molecule has 5 N–H and O–H groups in total. The maximum absolute atomic E-state index is 5.13. The van der Waals surface area contributed by atoms with Crippen LogP contribution in [0.15, 0.2) is 9.98 Å². The predicted molar refractivity (Wildman–Crippen MR) is 158 cm³/mol. The smallest absolute Gasteiger partial charge is 0.191 e. The summed E-state index contributed by atoms with van der Waals surface area (Å²) >= 11 is 0. The van der Waals surface area contributed by atoms with E-state index >= 15 is 0 Å². The Morgan fingerprint density at radius 1 is 0.432 bits per heavy atom. The van der Waals surface area contributed by atoms with Gasteiger partial charge in [0.25, 0.3) is 0 Å². The SMILES string of the molecule is C1CCC(N=C(NCCNCCNC(=NC2CCCCC2)NC2CCCCC2)NC2CCCCC2)CC1. The van der Waals surface area contributed by atoms with Gasteiger partial charge in [-0.05, 0) is 51.4 Å². The summed E-state index contributed by atoms with van der Waals surface area (Å²) in [5.41, 5.74) is 0. The Morgan fingerprint density at radius 3 is 1.16 bits per heavy atom. The summed E-state index contributed by atoms with van der Waals surface area (Å²) in [6.45, 7) is 3.72. The number of nitrogens with zero attached hydrogens (tertiary/aromatic N) is 2. The molecule has 0 aromatic carbocycles. The monoisotopic (exact) mass is 515 g/mol. The quantitative estimate of drug-likeness (QED) is 0.161. The molecule has 4 rings (SSSR count). The summed E-state index contributed by atoms with van der Waals surface area (Å²) in [6, 6.07) is 2.20. The summed E-state index contributed by atoms with van der Waals surface area (Å²) in [4.78, 5) is 10.3. The Hall–Kier alpha value is -1.50. The van der Waals surface area contributed by atoms with E-state index in [2.05, 4.69) is 26.6 Å². The second-order valence-electron chi connectivity index (χ2n) is 12.1. The van der Waals surface area contributed by atoms with Crippen molar-refractivity contribution in [3.05, 3.63) is 0 Å². The molecule has 4 saturated carbocycles. The van der Waals surface area contributed by atoms with Gasteiger partial charge >= 0.3 is 0 Å². The molecule has 0 aromatic rings. The van der Waals surface area contributed by atoms with Crippen LogP contribution in [0.2, 0.25) is 0 Å².